The van der Waals surface area contributed by atoms with Crippen molar-refractivity contribution in [2.45, 2.75) is 70.3 Å². The smallest absolute Gasteiger partial charge is 0.258 e. The monoisotopic (exact) mass is 471 g/mol. The number of carbonyl (C=O) groups excluding carboxylic acids is 4. The van der Waals surface area contributed by atoms with E-state index in [0.717, 1.165) is 19.3 Å². The van der Waals surface area contributed by atoms with Gasteiger partial charge in [0, 0.05) is 19.0 Å². The molecule has 0 bridgehead atoms. The van der Waals surface area contributed by atoms with Gasteiger partial charge in [-0.25, -0.2) is 0 Å². The maximum atomic E-state index is 13.2. The third kappa shape index (κ3) is 7.13. The molecule has 2 heterocycles. The van der Waals surface area contributed by atoms with Gasteiger partial charge >= 0.3 is 0 Å². The molecular formula is C26H37N3O5. The minimum absolute atomic E-state index is 0.159. The Kier molecular flexibility index (Phi) is 10.1. The lowest BCUT2D eigenvalue weighted by molar-refractivity contribution is -0.136. The molecule has 34 heavy (non-hydrogen) atoms. The molecule has 1 aromatic carbocycles. The number of carbonyl (C=O) groups is 4. The highest BCUT2D eigenvalue weighted by molar-refractivity contribution is 6.07. The summed E-state index contributed by atoms with van der Waals surface area (Å²) in [5, 5.41) is 2.27. The Bertz CT molecular complexity index is 866. The molecule has 2 aliphatic heterocycles. The van der Waals surface area contributed by atoms with Gasteiger partial charge < -0.3 is 14.5 Å². The molecule has 1 N–H and O–H groups in total. The summed E-state index contributed by atoms with van der Waals surface area (Å²) in [6.07, 6.45) is 10.6. The van der Waals surface area contributed by atoms with Gasteiger partial charge in [-0.15, -0.1) is 0 Å². The number of aldehydes is 1. The van der Waals surface area contributed by atoms with Crippen LogP contribution in [0.1, 0.15) is 84.9 Å². The number of rotatable bonds is 12. The number of likely N-dealkylation sites (tertiary alicyclic amines) is 1. The van der Waals surface area contributed by atoms with E-state index in [2.05, 4.69) is 10.2 Å². The Hall–Kier alpha value is -2.74. The number of ether oxygens (including phenoxy) is 1. The average molecular weight is 472 g/mol. The Labute approximate surface area is 202 Å². The number of nitrogens with one attached hydrogen (secondary N) is 1. The quantitative estimate of drug-likeness (QED) is 0.286. The van der Waals surface area contributed by atoms with Crippen LogP contribution in [-0.2, 0) is 9.59 Å². The van der Waals surface area contributed by atoms with Crippen molar-refractivity contribution in [3.63, 3.8) is 0 Å². The molecule has 0 saturated carbocycles. The van der Waals surface area contributed by atoms with Crippen molar-refractivity contribution in [3.8, 4) is 5.75 Å². The third-order valence-electron chi connectivity index (χ3n) is 6.72. The molecule has 186 valence electrons. The van der Waals surface area contributed by atoms with Crippen LogP contribution in [0.2, 0.25) is 0 Å². The molecular weight excluding hydrogens is 434 g/mol. The van der Waals surface area contributed by atoms with E-state index in [1.54, 1.807) is 18.2 Å². The molecule has 0 aromatic heterocycles. The summed E-state index contributed by atoms with van der Waals surface area (Å²) < 4.78 is 5.91. The van der Waals surface area contributed by atoms with E-state index < -0.39 is 17.9 Å². The molecule has 2 saturated heterocycles. The fraction of sp³-hybridized carbons (Fsp3) is 0.615. The first-order valence-corrected chi connectivity index (χ1v) is 12.6. The van der Waals surface area contributed by atoms with Crippen LogP contribution in [0.25, 0.3) is 0 Å². The number of piperidine rings is 2. The Morgan fingerprint density at radius 3 is 2.59 bits per heavy atom. The average Bonchev–Trinajstić information content (AvgIpc) is 2.85. The van der Waals surface area contributed by atoms with E-state index >= 15 is 0 Å². The van der Waals surface area contributed by atoms with Crippen molar-refractivity contribution >= 4 is 24.0 Å². The van der Waals surface area contributed by atoms with Crippen LogP contribution in [0.15, 0.2) is 18.2 Å². The first kappa shape index (κ1) is 25.9. The van der Waals surface area contributed by atoms with E-state index in [0.29, 0.717) is 18.6 Å². The van der Waals surface area contributed by atoms with Gasteiger partial charge in [-0.2, -0.15) is 0 Å². The molecule has 1 atom stereocenters. The van der Waals surface area contributed by atoms with E-state index in [9.17, 15) is 19.2 Å². The molecule has 3 amide bonds. The van der Waals surface area contributed by atoms with Gasteiger partial charge in [-0.3, -0.25) is 24.5 Å². The normalized spacial score (nSPS) is 18.9. The first-order valence-electron chi connectivity index (χ1n) is 12.6. The summed E-state index contributed by atoms with van der Waals surface area (Å²) >= 11 is 0. The maximum absolute atomic E-state index is 13.2. The van der Waals surface area contributed by atoms with Crippen LogP contribution in [0, 0.1) is 0 Å². The van der Waals surface area contributed by atoms with Crippen molar-refractivity contribution in [1.82, 2.24) is 15.1 Å². The molecule has 0 radical (unpaired) electrons. The van der Waals surface area contributed by atoms with Gasteiger partial charge in [0.1, 0.15) is 11.8 Å². The Morgan fingerprint density at radius 1 is 1.12 bits per heavy atom. The van der Waals surface area contributed by atoms with E-state index in [4.69, 9.17) is 4.74 Å². The standard InChI is InChI=1S/C26H37N3O5/c1-28(21-13-14-23(31)27-25(21)32)26(33)24-20(19-30)11-10-12-22(24)34-18-9-4-2-3-6-15-29-16-7-5-8-17-29/h10-12,19,21H,2-9,13-18H2,1H3,(H,27,31,32). The predicted molar refractivity (Wildman–Crippen MR) is 129 cm³/mol. The molecule has 3 rings (SSSR count). The molecule has 8 nitrogen and oxygen atoms in total. The number of hydrogen-bond donors (Lipinski definition) is 1. The topological polar surface area (TPSA) is 96.0 Å². The largest absolute Gasteiger partial charge is 0.493 e. The highest BCUT2D eigenvalue weighted by Gasteiger charge is 2.34. The van der Waals surface area contributed by atoms with Crippen LogP contribution >= 0.6 is 0 Å². The first-order chi connectivity index (χ1) is 16.5. The Balaban J connectivity index is 1.48. The van der Waals surface area contributed by atoms with Gasteiger partial charge in [-0.05, 0) is 57.8 Å². The lowest BCUT2D eigenvalue weighted by atomic mass is 10.0. The summed E-state index contributed by atoms with van der Waals surface area (Å²) in [7, 11) is 1.51. The number of likely N-dealkylation sites (N-methyl/N-ethyl adjacent to an activating group) is 1. The zero-order valence-corrected chi connectivity index (χ0v) is 20.2. The summed E-state index contributed by atoms with van der Waals surface area (Å²) in [6.45, 7) is 4.14. The second-order valence-electron chi connectivity index (χ2n) is 9.24. The minimum atomic E-state index is -0.761. The van der Waals surface area contributed by atoms with Crippen LogP contribution in [0.4, 0.5) is 0 Å². The van der Waals surface area contributed by atoms with Gasteiger partial charge in [0.05, 0.1) is 12.2 Å². The van der Waals surface area contributed by atoms with Crippen LogP contribution < -0.4 is 10.1 Å². The van der Waals surface area contributed by atoms with Gasteiger partial charge in [0.2, 0.25) is 11.8 Å². The molecule has 0 spiro atoms. The van der Waals surface area contributed by atoms with E-state index in [1.165, 1.54) is 63.7 Å². The zero-order valence-electron chi connectivity index (χ0n) is 20.2. The number of amides is 3. The van der Waals surface area contributed by atoms with E-state index in [-0.39, 0.29) is 29.9 Å². The van der Waals surface area contributed by atoms with Crippen LogP contribution in [0.5, 0.6) is 5.75 Å². The fourth-order valence-electron chi connectivity index (χ4n) is 4.70. The maximum Gasteiger partial charge on any atom is 0.258 e. The van der Waals surface area contributed by atoms with Gasteiger partial charge in [0.15, 0.2) is 6.29 Å². The number of benzene rings is 1. The predicted octanol–water partition coefficient (Wildman–Crippen LogP) is 3.19. The molecule has 2 aliphatic rings. The molecule has 2 fully saturated rings. The lowest BCUT2D eigenvalue weighted by Gasteiger charge is -2.30. The highest BCUT2D eigenvalue weighted by atomic mass is 16.5. The van der Waals surface area contributed by atoms with Crippen LogP contribution in [-0.4, -0.2) is 73.1 Å². The summed E-state index contributed by atoms with van der Waals surface area (Å²) in [4.78, 5) is 52.3. The molecule has 0 aliphatic carbocycles. The third-order valence-corrected chi connectivity index (χ3v) is 6.72. The second kappa shape index (κ2) is 13.2. The summed E-state index contributed by atoms with van der Waals surface area (Å²) in [5.41, 5.74) is 0.380. The summed E-state index contributed by atoms with van der Waals surface area (Å²) in [6, 6.07) is 4.16. The second-order valence-corrected chi connectivity index (χ2v) is 9.24. The number of nitrogens with zero attached hydrogens (tertiary/aromatic N) is 2. The van der Waals surface area contributed by atoms with Crippen molar-refractivity contribution in [1.29, 1.82) is 0 Å². The van der Waals surface area contributed by atoms with Crippen LogP contribution in [0.3, 0.4) is 0 Å². The zero-order chi connectivity index (χ0) is 24.3. The van der Waals surface area contributed by atoms with Gasteiger partial charge in [-0.1, -0.05) is 37.8 Å². The highest BCUT2D eigenvalue weighted by Crippen LogP contribution is 2.25. The minimum Gasteiger partial charge on any atom is -0.493 e. The number of hydrogen-bond acceptors (Lipinski definition) is 6. The lowest BCUT2D eigenvalue weighted by Crippen LogP contribution is -2.53. The molecule has 1 aromatic rings. The van der Waals surface area contributed by atoms with Gasteiger partial charge in [0.25, 0.3) is 5.91 Å². The molecule has 1 unspecified atom stereocenters. The number of imide groups is 1. The van der Waals surface area contributed by atoms with Crippen molar-refractivity contribution in [2.24, 2.45) is 0 Å². The van der Waals surface area contributed by atoms with Crippen molar-refractivity contribution in [3.05, 3.63) is 29.3 Å². The summed E-state index contributed by atoms with van der Waals surface area (Å²) in [5.74, 6) is -0.965. The Morgan fingerprint density at radius 2 is 1.85 bits per heavy atom. The van der Waals surface area contributed by atoms with E-state index in [1.807, 2.05) is 0 Å². The number of unbranched alkanes of at least 4 members (excludes halogenated alkanes) is 4. The fourth-order valence-corrected chi connectivity index (χ4v) is 4.70. The van der Waals surface area contributed by atoms with Crippen molar-refractivity contribution in [2.75, 3.05) is 33.3 Å². The van der Waals surface area contributed by atoms with Crippen molar-refractivity contribution < 1.29 is 23.9 Å². The SMILES string of the molecule is CN(C(=O)c1c(C=O)cccc1OCCCCCCCN1CCCCC1)C1CCC(=O)NC1=O. The molecule has 8 heteroatoms.